The van der Waals surface area contributed by atoms with E-state index in [0.717, 1.165) is 21.3 Å². The van der Waals surface area contributed by atoms with E-state index in [-0.39, 0.29) is 5.69 Å². The number of nitrogen functional groups attached to an aromatic ring is 1. The number of hydrogen-bond donors (Lipinski definition) is 3. The molecular weight excluding hydrogens is 322 g/mol. The number of rotatable bonds is 3. The Hall–Kier alpha value is -2.08. The van der Waals surface area contributed by atoms with Gasteiger partial charge >= 0.3 is 5.97 Å². The molecule has 4 N–H and O–H groups in total. The number of aromatic nitrogens is 1. The topological polar surface area (TPSA) is 88.2 Å². The molecule has 0 aliphatic heterocycles. The number of nitrogens with zero attached hydrogens (tertiary/aromatic N) is 1. The third-order valence-electron chi connectivity index (χ3n) is 2.84. The Balaban J connectivity index is 2.39. The number of carboxylic acids is 1. The number of aromatic carboxylic acids is 1. The fraction of sp³-hybridized carbons (Fsp3) is 0.143. The van der Waals surface area contributed by atoms with Gasteiger partial charge < -0.3 is 16.2 Å². The van der Waals surface area contributed by atoms with Crippen LogP contribution < -0.4 is 11.1 Å². The van der Waals surface area contributed by atoms with Crippen LogP contribution in [0.1, 0.15) is 21.6 Å². The van der Waals surface area contributed by atoms with Crippen molar-refractivity contribution < 1.29 is 9.90 Å². The van der Waals surface area contributed by atoms with E-state index < -0.39 is 5.97 Å². The predicted octanol–water partition coefficient (Wildman–Crippen LogP) is 3.48. The summed E-state index contributed by atoms with van der Waals surface area (Å²) in [5, 5.41) is 12.0. The van der Waals surface area contributed by atoms with Crippen molar-refractivity contribution in [1.82, 2.24) is 4.98 Å². The summed E-state index contributed by atoms with van der Waals surface area (Å²) in [6.45, 7) is 3.96. The molecule has 0 aliphatic carbocycles. The summed E-state index contributed by atoms with van der Waals surface area (Å²) >= 11 is 3.50. The largest absolute Gasteiger partial charge is 0.477 e. The molecule has 2 rings (SSSR count). The van der Waals surface area contributed by atoms with Gasteiger partial charge in [-0.3, -0.25) is 0 Å². The van der Waals surface area contributed by atoms with Gasteiger partial charge in [0, 0.05) is 10.2 Å². The Morgan fingerprint density at radius 3 is 2.45 bits per heavy atom. The van der Waals surface area contributed by atoms with Crippen LogP contribution in [-0.4, -0.2) is 16.1 Å². The standard InChI is InChI=1S/C14H14BrN3O2/c1-7-5-9(6-8(2)12(7)15)17-13-10(16)3-4-11(18-13)14(19)20/h3-6H,16H2,1-2H3,(H,17,18)(H,19,20). The lowest BCUT2D eigenvalue weighted by Gasteiger charge is -2.12. The van der Waals surface area contributed by atoms with Crippen molar-refractivity contribution in [1.29, 1.82) is 0 Å². The van der Waals surface area contributed by atoms with Crippen molar-refractivity contribution in [2.75, 3.05) is 11.1 Å². The maximum Gasteiger partial charge on any atom is 0.354 e. The van der Waals surface area contributed by atoms with Crippen LogP contribution in [0.15, 0.2) is 28.7 Å². The maximum absolute atomic E-state index is 10.9. The number of nitrogens with one attached hydrogen (secondary N) is 1. The van der Waals surface area contributed by atoms with Crippen LogP contribution in [0, 0.1) is 13.8 Å². The van der Waals surface area contributed by atoms with Gasteiger partial charge in [0.25, 0.3) is 0 Å². The third kappa shape index (κ3) is 2.91. The summed E-state index contributed by atoms with van der Waals surface area (Å²) in [5.41, 5.74) is 9.11. The molecule has 0 aliphatic rings. The molecule has 20 heavy (non-hydrogen) atoms. The van der Waals surface area contributed by atoms with Gasteiger partial charge in [-0.15, -0.1) is 0 Å². The van der Waals surface area contributed by atoms with Crippen molar-refractivity contribution in [2.45, 2.75) is 13.8 Å². The van der Waals surface area contributed by atoms with Crippen LogP contribution in [-0.2, 0) is 0 Å². The number of anilines is 3. The van der Waals surface area contributed by atoms with E-state index in [0.29, 0.717) is 11.5 Å². The highest BCUT2D eigenvalue weighted by Gasteiger charge is 2.10. The number of nitrogens with two attached hydrogens (primary N) is 1. The first kappa shape index (κ1) is 14.3. The average molecular weight is 336 g/mol. The third-order valence-corrected chi connectivity index (χ3v) is 4.10. The molecule has 0 saturated carbocycles. The summed E-state index contributed by atoms with van der Waals surface area (Å²) < 4.78 is 1.04. The highest BCUT2D eigenvalue weighted by molar-refractivity contribution is 9.10. The van der Waals surface area contributed by atoms with E-state index in [2.05, 4.69) is 26.2 Å². The zero-order valence-corrected chi connectivity index (χ0v) is 12.7. The molecule has 2 aromatic rings. The Labute approximate surface area is 125 Å². The lowest BCUT2D eigenvalue weighted by Crippen LogP contribution is -2.06. The Bertz CT molecular complexity index is 663. The van der Waals surface area contributed by atoms with Crippen LogP contribution in [0.4, 0.5) is 17.2 Å². The Kier molecular flexibility index (Phi) is 3.94. The van der Waals surface area contributed by atoms with Crippen molar-refractivity contribution in [2.24, 2.45) is 0 Å². The number of pyridine rings is 1. The quantitative estimate of drug-likeness (QED) is 0.799. The molecule has 0 unspecified atom stereocenters. The second-order valence-electron chi connectivity index (χ2n) is 4.49. The van der Waals surface area contributed by atoms with Gasteiger partial charge in [-0.1, -0.05) is 15.9 Å². The second-order valence-corrected chi connectivity index (χ2v) is 5.28. The minimum atomic E-state index is -1.09. The predicted molar refractivity (Wildman–Crippen MR) is 82.5 cm³/mol. The van der Waals surface area contributed by atoms with E-state index in [1.54, 1.807) is 0 Å². The molecule has 1 aromatic heterocycles. The molecular formula is C14H14BrN3O2. The Morgan fingerprint density at radius 2 is 1.90 bits per heavy atom. The molecule has 5 nitrogen and oxygen atoms in total. The molecule has 104 valence electrons. The minimum absolute atomic E-state index is 0.0488. The first-order valence-corrected chi connectivity index (χ1v) is 6.71. The summed E-state index contributed by atoms with van der Waals surface area (Å²) in [7, 11) is 0. The van der Waals surface area contributed by atoms with Gasteiger partial charge in [-0.25, -0.2) is 9.78 Å². The smallest absolute Gasteiger partial charge is 0.354 e. The SMILES string of the molecule is Cc1cc(Nc2nc(C(=O)O)ccc2N)cc(C)c1Br. The first-order chi connectivity index (χ1) is 9.38. The summed E-state index contributed by atoms with van der Waals surface area (Å²) in [6, 6.07) is 6.77. The summed E-state index contributed by atoms with van der Waals surface area (Å²) in [5.74, 6) is -0.748. The fourth-order valence-electron chi connectivity index (χ4n) is 1.84. The maximum atomic E-state index is 10.9. The van der Waals surface area contributed by atoms with Crippen LogP contribution in [0.2, 0.25) is 0 Å². The molecule has 6 heteroatoms. The molecule has 1 aromatic carbocycles. The minimum Gasteiger partial charge on any atom is -0.477 e. The highest BCUT2D eigenvalue weighted by atomic mass is 79.9. The molecule has 0 atom stereocenters. The summed E-state index contributed by atoms with van der Waals surface area (Å²) in [4.78, 5) is 14.9. The van der Waals surface area contributed by atoms with E-state index in [9.17, 15) is 4.79 Å². The molecule has 0 fully saturated rings. The number of carboxylic acid groups (broad SMARTS) is 1. The number of hydrogen-bond acceptors (Lipinski definition) is 4. The van der Waals surface area contributed by atoms with Crippen molar-refractivity contribution in [3.63, 3.8) is 0 Å². The van der Waals surface area contributed by atoms with Gasteiger partial charge in [0.15, 0.2) is 11.5 Å². The van der Waals surface area contributed by atoms with Crippen LogP contribution in [0.3, 0.4) is 0 Å². The molecule has 0 spiro atoms. The van der Waals surface area contributed by atoms with Gasteiger partial charge in [0.2, 0.25) is 0 Å². The molecule has 0 saturated heterocycles. The number of aryl methyl sites for hydroxylation is 2. The van der Waals surface area contributed by atoms with E-state index in [4.69, 9.17) is 10.8 Å². The normalized spacial score (nSPS) is 10.3. The Morgan fingerprint density at radius 1 is 1.30 bits per heavy atom. The van der Waals surface area contributed by atoms with Crippen molar-refractivity contribution in [3.05, 3.63) is 45.6 Å². The molecule has 0 amide bonds. The second kappa shape index (κ2) is 5.50. The van der Waals surface area contributed by atoms with E-state index in [1.165, 1.54) is 12.1 Å². The molecule has 0 bridgehead atoms. The van der Waals surface area contributed by atoms with Gasteiger partial charge in [-0.2, -0.15) is 0 Å². The zero-order chi connectivity index (χ0) is 14.9. The summed E-state index contributed by atoms with van der Waals surface area (Å²) in [6.07, 6.45) is 0. The zero-order valence-electron chi connectivity index (χ0n) is 11.1. The van der Waals surface area contributed by atoms with Crippen LogP contribution in [0.5, 0.6) is 0 Å². The fourth-order valence-corrected chi connectivity index (χ4v) is 2.07. The lowest BCUT2D eigenvalue weighted by molar-refractivity contribution is 0.0690. The number of halogens is 1. The van der Waals surface area contributed by atoms with Gasteiger partial charge in [-0.05, 0) is 49.2 Å². The average Bonchev–Trinajstić information content (AvgIpc) is 2.38. The number of carbonyl (C=O) groups is 1. The molecule has 1 heterocycles. The number of benzene rings is 1. The van der Waals surface area contributed by atoms with Crippen molar-refractivity contribution >= 4 is 39.1 Å². The highest BCUT2D eigenvalue weighted by Crippen LogP contribution is 2.28. The van der Waals surface area contributed by atoms with E-state index >= 15 is 0 Å². The van der Waals surface area contributed by atoms with E-state index in [1.807, 2.05) is 26.0 Å². The first-order valence-electron chi connectivity index (χ1n) is 5.92. The van der Waals surface area contributed by atoms with Crippen molar-refractivity contribution in [3.8, 4) is 0 Å². The monoisotopic (exact) mass is 335 g/mol. The van der Waals surface area contributed by atoms with Gasteiger partial charge in [0.1, 0.15) is 0 Å². The van der Waals surface area contributed by atoms with Crippen LogP contribution >= 0.6 is 15.9 Å². The molecule has 0 radical (unpaired) electrons. The lowest BCUT2D eigenvalue weighted by atomic mass is 10.1. The van der Waals surface area contributed by atoms with Crippen LogP contribution in [0.25, 0.3) is 0 Å². The van der Waals surface area contributed by atoms with Gasteiger partial charge in [0.05, 0.1) is 5.69 Å².